The van der Waals surface area contributed by atoms with E-state index < -0.39 is 35.2 Å². The van der Waals surface area contributed by atoms with Crippen LogP contribution in [-0.2, 0) is 14.4 Å². The molecule has 182 valence electrons. The first-order valence-electron chi connectivity index (χ1n) is 10.1. The number of amides is 2. The number of fused-ring (bicyclic) bond motifs is 1. The van der Waals surface area contributed by atoms with Crippen molar-refractivity contribution in [3.63, 3.8) is 0 Å². The zero-order valence-electron chi connectivity index (χ0n) is 18.0. The maximum atomic E-state index is 12.7. The first kappa shape index (κ1) is 25.6. The molecule has 3 atom stereocenters. The van der Waals surface area contributed by atoms with Crippen molar-refractivity contribution in [1.82, 2.24) is 25.6 Å². The molecule has 1 saturated heterocycles. The Labute approximate surface area is 203 Å². The first-order valence-corrected chi connectivity index (χ1v) is 12.2. The van der Waals surface area contributed by atoms with E-state index in [1.807, 2.05) is 0 Å². The van der Waals surface area contributed by atoms with E-state index in [-0.39, 0.29) is 18.1 Å². The third-order valence-electron chi connectivity index (χ3n) is 4.87. The highest BCUT2D eigenvalue weighted by Gasteiger charge is 2.54. The predicted octanol–water partition coefficient (Wildman–Crippen LogP) is 0.0396. The van der Waals surface area contributed by atoms with E-state index in [0.717, 1.165) is 0 Å². The van der Waals surface area contributed by atoms with Gasteiger partial charge in [0.15, 0.2) is 0 Å². The number of nitrogens with zero attached hydrogens (tertiary/aromatic N) is 3. The number of β-lactam (4-membered cyclic amide) rings is 1. The average Bonchev–Trinajstić information content (AvgIpc) is 3.34. The minimum Gasteiger partial charge on any atom is -0.508 e. The molecule has 7 N–H and O–H groups in total. The van der Waals surface area contributed by atoms with Gasteiger partial charge in [-0.3, -0.25) is 19.6 Å². The summed E-state index contributed by atoms with van der Waals surface area (Å²) < 4.78 is 0. The van der Waals surface area contributed by atoms with E-state index in [9.17, 15) is 24.6 Å². The van der Waals surface area contributed by atoms with Crippen LogP contribution in [0.2, 0.25) is 0 Å². The lowest BCUT2D eigenvalue weighted by atomic mass is 10.0. The van der Waals surface area contributed by atoms with Gasteiger partial charge in [-0.1, -0.05) is 29.1 Å². The number of carboxylic acids is 1. The number of phenols is 1. The van der Waals surface area contributed by atoms with E-state index >= 15 is 0 Å². The van der Waals surface area contributed by atoms with Crippen LogP contribution in [0.1, 0.15) is 18.5 Å². The van der Waals surface area contributed by atoms with E-state index in [1.165, 1.54) is 52.7 Å². The fourth-order valence-electron chi connectivity index (χ4n) is 3.29. The van der Waals surface area contributed by atoms with Crippen LogP contribution >= 0.6 is 23.5 Å². The summed E-state index contributed by atoms with van der Waals surface area (Å²) in [6.07, 6.45) is 1.60. The number of thioether (sulfide) groups is 2. The molecule has 1 aromatic heterocycles. The van der Waals surface area contributed by atoms with Gasteiger partial charge in [0.1, 0.15) is 33.9 Å². The van der Waals surface area contributed by atoms with Gasteiger partial charge in [-0.2, -0.15) is 0 Å². The Kier molecular flexibility index (Phi) is 8.55. The van der Waals surface area contributed by atoms with Crippen LogP contribution in [0.4, 0.5) is 0 Å². The van der Waals surface area contributed by atoms with Gasteiger partial charge in [0.2, 0.25) is 5.91 Å². The van der Waals surface area contributed by atoms with Gasteiger partial charge in [-0.15, -0.1) is 16.9 Å². The number of aliphatic hydroxyl groups is 1. The molecule has 0 aliphatic carbocycles. The van der Waals surface area contributed by atoms with Gasteiger partial charge in [0, 0.05) is 18.1 Å². The van der Waals surface area contributed by atoms with Crippen molar-refractivity contribution >= 4 is 41.3 Å². The maximum Gasteiger partial charge on any atom is 0.352 e. The second kappa shape index (κ2) is 11.4. The number of aliphatic carboxylic acids is 1. The number of carboxylic acid groups (broad SMARTS) is 1. The lowest BCUT2D eigenvalue weighted by Crippen LogP contribution is -2.71. The molecular weight excluding hydrogens is 484 g/mol. The molecule has 2 amide bonds. The highest BCUT2D eigenvalue weighted by atomic mass is 32.2. The van der Waals surface area contributed by atoms with Crippen molar-refractivity contribution in [3.8, 4) is 5.75 Å². The fraction of sp³-hybridized carbons (Fsp3) is 0.350. The van der Waals surface area contributed by atoms with Gasteiger partial charge < -0.3 is 26.4 Å². The number of hydrogen-bond acceptors (Lipinski definition) is 10. The molecule has 34 heavy (non-hydrogen) atoms. The lowest BCUT2D eigenvalue weighted by Gasteiger charge is -2.49. The molecule has 14 heteroatoms. The highest BCUT2D eigenvalue weighted by molar-refractivity contribution is 8.01. The number of nitrogens with two attached hydrogens (primary N) is 1. The Bertz CT molecular complexity index is 1060. The molecular formula is C20H24N6O6S2. The van der Waals surface area contributed by atoms with Gasteiger partial charge >= 0.3 is 5.97 Å². The van der Waals surface area contributed by atoms with Crippen LogP contribution in [0.5, 0.6) is 5.75 Å². The lowest BCUT2D eigenvalue weighted by molar-refractivity contribution is -0.150. The Morgan fingerprint density at radius 1 is 1.38 bits per heavy atom. The number of aromatic amines is 1. The van der Waals surface area contributed by atoms with Crippen LogP contribution in [0.25, 0.3) is 0 Å². The third kappa shape index (κ3) is 5.52. The number of benzene rings is 1. The number of carbonyl (C=O) groups is 3. The predicted molar refractivity (Wildman–Crippen MR) is 125 cm³/mol. The summed E-state index contributed by atoms with van der Waals surface area (Å²) in [5, 5.41) is 39.4. The Morgan fingerprint density at radius 2 is 2.06 bits per heavy atom. The second-order valence-electron chi connectivity index (χ2n) is 7.14. The standard InChI is InChI=1S/C18H18N6O5S2.C2H6O/c19-12(8-1-3-10(25)4-2-8)15(26)21-13-16(27)24-14(18(28)29)9(7-31-17(13)24)6-30-11-5-20-23-22-11;1-2-3/h1-5,12-13,17,25H,6-7,19H2,(H,21,26)(H,28,29)(H,20,22,23);3H,2H2,1H3/t12-,13-,17-;/m1./s1. The molecule has 0 unspecified atom stereocenters. The first-order chi connectivity index (χ1) is 16.3. The molecule has 0 radical (unpaired) electrons. The molecule has 12 nitrogen and oxygen atoms in total. The Balaban J connectivity index is 0.00000103. The SMILES string of the molecule is CCO.N[C@@H](C(=O)N[C@@H]1C(=O)N2C(C(=O)O)=C(CSc3c[nH]nn3)CS[C@H]12)c1ccc(O)cc1. The van der Waals surface area contributed by atoms with E-state index in [0.29, 0.717) is 27.7 Å². The molecule has 0 saturated carbocycles. The molecule has 1 fully saturated rings. The molecule has 4 rings (SSSR count). The van der Waals surface area contributed by atoms with Gasteiger partial charge in [-0.25, -0.2) is 4.79 Å². The van der Waals surface area contributed by atoms with Crippen LogP contribution in [0.3, 0.4) is 0 Å². The fourth-order valence-corrected chi connectivity index (χ4v) is 5.56. The summed E-state index contributed by atoms with van der Waals surface area (Å²) in [5.41, 5.74) is 6.99. The van der Waals surface area contributed by atoms with Crippen molar-refractivity contribution in [2.45, 2.75) is 29.4 Å². The van der Waals surface area contributed by atoms with Gasteiger partial charge in [-0.05, 0) is 30.2 Å². The van der Waals surface area contributed by atoms with Crippen molar-refractivity contribution in [2.24, 2.45) is 5.73 Å². The zero-order valence-corrected chi connectivity index (χ0v) is 19.7. The summed E-state index contributed by atoms with van der Waals surface area (Å²) in [4.78, 5) is 38.4. The summed E-state index contributed by atoms with van der Waals surface area (Å²) in [7, 11) is 0. The number of rotatable bonds is 7. The van der Waals surface area contributed by atoms with Crippen LogP contribution in [0, 0.1) is 0 Å². The minimum atomic E-state index is -1.19. The monoisotopic (exact) mass is 508 g/mol. The van der Waals surface area contributed by atoms with Crippen LogP contribution < -0.4 is 11.1 Å². The topological polar surface area (TPSA) is 195 Å². The number of H-pyrrole nitrogens is 1. The summed E-state index contributed by atoms with van der Waals surface area (Å²) in [6.45, 7) is 1.93. The molecule has 0 bridgehead atoms. The van der Waals surface area contributed by atoms with E-state index in [4.69, 9.17) is 10.8 Å². The largest absolute Gasteiger partial charge is 0.508 e. The van der Waals surface area contributed by atoms with Crippen LogP contribution in [0.15, 0.2) is 46.8 Å². The number of carbonyl (C=O) groups excluding carboxylic acids is 2. The normalized spacial score (nSPS) is 20.0. The molecule has 2 aromatic rings. The number of hydrogen-bond donors (Lipinski definition) is 6. The number of aromatic nitrogens is 3. The average molecular weight is 509 g/mol. The number of aromatic hydroxyl groups is 1. The van der Waals surface area contributed by atoms with Crippen molar-refractivity contribution < 1.29 is 29.7 Å². The summed E-state index contributed by atoms with van der Waals surface area (Å²) in [5.74, 6) is -1.45. The number of phenolic OH excluding ortho intramolecular Hbond substituents is 1. The summed E-state index contributed by atoms with van der Waals surface area (Å²) in [6, 6.07) is 3.98. The van der Waals surface area contributed by atoms with Crippen LogP contribution in [-0.4, -0.2) is 82.9 Å². The number of nitrogens with one attached hydrogen (secondary N) is 2. The highest BCUT2D eigenvalue weighted by Crippen LogP contribution is 2.41. The molecule has 2 aliphatic rings. The second-order valence-corrected chi connectivity index (χ2v) is 9.24. The smallest absolute Gasteiger partial charge is 0.352 e. The third-order valence-corrected chi connectivity index (χ3v) is 7.20. The van der Waals surface area contributed by atoms with Gasteiger partial charge in [0.05, 0.1) is 6.20 Å². The van der Waals surface area contributed by atoms with E-state index in [2.05, 4.69) is 20.7 Å². The minimum absolute atomic E-state index is 0.0466. The molecule has 2 aliphatic heterocycles. The quantitative estimate of drug-likeness (QED) is 0.218. The van der Waals surface area contributed by atoms with Crippen molar-refractivity contribution in [1.29, 1.82) is 0 Å². The van der Waals surface area contributed by atoms with Gasteiger partial charge in [0.25, 0.3) is 5.91 Å². The Morgan fingerprint density at radius 3 is 2.65 bits per heavy atom. The zero-order chi connectivity index (χ0) is 24.8. The summed E-state index contributed by atoms with van der Waals surface area (Å²) >= 11 is 2.70. The van der Waals surface area contributed by atoms with E-state index in [1.54, 1.807) is 13.1 Å². The van der Waals surface area contributed by atoms with Crippen molar-refractivity contribution in [3.05, 3.63) is 47.3 Å². The Hall–Kier alpha value is -3.07. The molecule has 3 heterocycles. The van der Waals surface area contributed by atoms with Crippen molar-refractivity contribution in [2.75, 3.05) is 18.1 Å². The maximum absolute atomic E-state index is 12.7. The molecule has 0 spiro atoms. The number of aliphatic hydroxyl groups excluding tert-OH is 1. The molecule has 1 aromatic carbocycles.